The topological polar surface area (TPSA) is 55.3 Å². The van der Waals surface area contributed by atoms with Crippen molar-refractivity contribution in [2.24, 2.45) is 0 Å². The number of nitrogens with zero attached hydrogens (tertiary/aromatic N) is 3. The lowest BCUT2D eigenvalue weighted by molar-refractivity contribution is 0.0525. The number of aromatic nitrogens is 2. The van der Waals surface area contributed by atoms with Gasteiger partial charge >= 0.3 is 5.97 Å². The molecule has 0 N–H and O–H groups in total. The molecule has 3 aromatic rings. The van der Waals surface area contributed by atoms with Crippen LogP contribution in [0.1, 0.15) is 28.4 Å². The average molecular weight is 319 g/mol. The highest BCUT2D eigenvalue weighted by molar-refractivity contribution is 5.92. The summed E-state index contributed by atoms with van der Waals surface area (Å²) in [5.74, 6) is -0.255. The summed E-state index contributed by atoms with van der Waals surface area (Å²) in [4.78, 5) is 23.2. The molecule has 0 saturated carbocycles. The molecule has 0 spiro atoms. The van der Waals surface area contributed by atoms with Gasteiger partial charge in [-0.15, -0.1) is 0 Å². The van der Waals surface area contributed by atoms with E-state index in [1.807, 2.05) is 43.5 Å². The van der Waals surface area contributed by atoms with E-state index in [2.05, 4.69) is 20.9 Å². The number of hydrogen-bond acceptors (Lipinski definition) is 5. The van der Waals surface area contributed by atoms with Crippen molar-refractivity contribution >= 4 is 22.7 Å². The third kappa shape index (κ3) is 2.48. The molecule has 24 heavy (non-hydrogen) atoms. The highest BCUT2D eigenvalue weighted by Gasteiger charge is 2.25. The molecule has 5 heteroatoms. The first-order valence-electron chi connectivity index (χ1n) is 8.00. The van der Waals surface area contributed by atoms with Crippen LogP contribution in [0.25, 0.3) is 11.0 Å². The van der Waals surface area contributed by atoms with E-state index in [-0.39, 0.29) is 5.97 Å². The number of anilines is 1. The third-order valence-electron chi connectivity index (χ3n) is 4.28. The van der Waals surface area contributed by atoms with Gasteiger partial charge in [-0.25, -0.2) is 4.79 Å². The van der Waals surface area contributed by atoms with Gasteiger partial charge in [0, 0.05) is 19.3 Å². The van der Waals surface area contributed by atoms with Crippen LogP contribution >= 0.6 is 0 Å². The maximum Gasteiger partial charge on any atom is 0.338 e. The van der Waals surface area contributed by atoms with Crippen molar-refractivity contribution < 1.29 is 9.53 Å². The van der Waals surface area contributed by atoms with Gasteiger partial charge in [0.25, 0.3) is 0 Å². The van der Waals surface area contributed by atoms with Crippen LogP contribution in [0.4, 0.5) is 5.69 Å². The normalized spacial score (nSPS) is 13.1. The number of benzene rings is 1. The van der Waals surface area contributed by atoms with Crippen LogP contribution in [0.15, 0.2) is 48.8 Å². The summed E-state index contributed by atoms with van der Waals surface area (Å²) in [5.41, 5.74) is 5.61. The molecular weight excluding hydrogens is 302 g/mol. The van der Waals surface area contributed by atoms with E-state index in [4.69, 9.17) is 4.74 Å². The SMILES string of the molecule is CCOC(=O)c1cccc2c1CN(c1cnc3cccnc3c1)C2. The number of fused-ring (bicyclic) bond motifs is 2. The first-order chi connectivity index (χ1) is 11.8. The van der Waals surface area contributed by atoms with Crippen LogP contribution in [0.5, 0.6) is 0 Å². The Hall–Kier alpha value is -2.95. The fourth-order valence-electron chi connectivity index (χ4n) is 3.12. The van der Waals surface area contributed by atoms with Gasteiger partial charge in [0.2, 0.25) is 0 Å². The van der Waals surface area contributed by atoms with E-state index in [0.29, 0.717) is 18.7 Å². The van der Waals surface area contributed by atoms with Crippen molar-refractivity contribution in [3.05, 3.63) is 65.5 Å². The van der Waals surface area contributed by atoms with Crippen molar-refractivity contribution in [2.75, 3.05) is 11.5 Å². The Morgan fingerprint density at radius 3 is 2.96 bits per heavy atom. The summed E-state index contributed by atoms with van der Waals surface area (Å²) in [6.07, 6.45) is 3.63. The van der Waals surface area contributed by atoms with E-state index < -0.39 is 0 Å². The lowest BCUT2D eigenvalue weighted by Crippen LogP contribution is -2.15. The summed E-state index contributed by atoms with van der Waals surface area (Å²) < 4.78 is 5.17. The Kier molecular flexibility index (Phi) is 3.61. The second-order valence-corrected chi connectivity index (χ2v) is 5.75. The van der Waals surface area contributed by atoms with Crippen LogP contribution in [0.3, 0.4) is 0 Å². The Balaban J connectivity index is 1.67. The Labute approximate surface area is 139 Å². The molecule has 3 heterocycles. The Morgan fingerprint density at radius 1 is 1.17 bits per heavy atom. The minimum Gasteiger partial charge on any atom is -0.462 e. The van der Waals surface area contributed by atoms with Crippen molar-refractivity contribution in [2.45, 2.75) is 20.0 Å². The Morgan fingerprint density at radius 2 is 2.08 bits per heavy atom. The van der Waals surface area contributed by atoms with E-state index in [9.17, 15) is 4.79 Å². The summed E-state index contributed by atoms with van der Waals surface area (Å²) in [6, 6.07) is 11.7. The molecule has 1 aromatic carbocycles. The van der Waals surface area contributed by atoms with E-state index in [1.165, 1.54) is 0 Å². The number of pyridine rings is 2. The minimum atomic E-state index is -0.255. The zero-order valence-electron chi connectivity index (χ0n) is 13.4. The fraction of sp³-hybridized carbons (Fsp3) is 0.211. The zero-order valence-corrected chi connectivity index (χ0v) is 13.4. The van der Waals surface area contributed by atoms with Crippen molar-refractivity contribution in [3.8, 4) is 0 Å². The van der Waals surface area contributed by atoms with Crippen LogP contribution in [0.2, 0.25) is 0 Å². The predicted molar refractivity (Wildman–Crippen MR) is 91.8 cm³/mol. The molecule has 120 valence electrons. The number of carbonyl (C=O) groups is 1. The van der Waals surface area contributed by atoms with Crippen LogP contribution in [-0.4, -0.2) is 22.5 Å². The quantitative estimate of drug-likeness (QED) is 0.693. The first kappa shape index (κ1) is 14.6. The van der Waals surface area contributed by atoms with Gasteiger partial charge < -0.3 is 9.64 Å². The highest BCUT2D eigenvalue weighted by Crippen LogP contribution is 2.31. The van der Waals surface area contributed by atoms with Crippen molar-refractivity contribution in [1.82, 2.24) is 9.97 Å². The van der Waals surface area contributed by atoms with Gasteiger partial charge in [-0.1, -0.05) is 12.1 Å². The van der Waals surface area contributed by atoms with E-state index >= 15 is 0 Å². The highest BCUT2D eigenvalue weighted by atomic mass is 16.5. The Bertz CT molecular complexity index is 923. The molecule has 0 bridgehead atoms. The first-order valence-corrected chi connectivity index (χ1v) is 8.00. The molecule has 0 amide bonds. The molecule has 0 fully saturated rings. The van der Waals surface area contributed by atoms with Crippen LogP contribution in [-0.2, 0) is 17.8 Å². The van der Waals surface area contributed by atoms with Gasteiger partial charge in [0.1, 0.15) is 0 Å². The fourth-order valence-corrected chi connectivity index (χ4v) is 3.12. The lowest BCUT2D eigenvalue weighted by Gasteiger charge is -2.17. The molecule has 0 radical (unpaired) electrons. The molecule has 5 nitrogen and oxygen atoms in total. The van der Waals surface area contributed by atoms with Crippen LogP contribution < -0.4 is 4.90 Å². The molecule has 0 atom stereocenters. The van der Waals surface area contributed by atoms with Crippen molar-refractivity contribution in [3.63, 3.8) is 0 Å². The molecular formula is C19H17N3O2. The maximum absolute atomic E-state index is 12.2. The molecule has 0 saturated heterocycles. The standard InChI is InChI=1S/C19H17N3O2/c1-2-24-19(23)15-6-3-5-13-11-22(12-16(13)15)14-9-18-17(21-10-14)7-4-8-20-18/h3-10H,2,11-12H2,1H3. The maximum atomic E-state index is 12.2. The summed E-state index contributed by atoms with van der Waals surface area (Å²) in [5, 5.41) is 0. The molecule has 4 rings (SSSR count). The third-order valence-corrected chi connectivity index (χ3v) is 4.28. The van der Waals surface area contributed by atoms with Crippen molar-refractivity contribution in [1.29, 1.82) is 0 Å². The average Bonchev–Trinajstić information content (AvgIpc) is 3.05. The van der Waals surface area contributed by atoms with Gasteiger partial charge in [-0.3, -0.25) is 9.97 Å². The van der Waals surface area contributed by atoms with Crippen LogP contribution in [0, 0.1) is 0 Å². The van der Waals surface area contributed by atoms with Gasteiger partial charge in [-0.2, -0.15) is 0 Å². The smallest absolute Gasteiger partial charge is 0.338 e. The molecule has 1 aliphatic heterocycles. The lowest BCUT2D eigenvalue weighted by atomic mass is 10.0. The zero-order chi connectivity index (χ0) is 16.5. The predicted octanol–water partition coefficient (Wildman–Crippen LogP) is 3.33. The van der Waals surface area contributed by atoms with Gasteiger partial charge in [-0.05, 0) is 42.3 Å². The molecule has 2 aromatic heterocycles. The van der Waals surface area contributed by atoms with Gasteiger partial charge in [0.15, 0.2) is 0 Å². The summed E-state index contributed by atoms with van der Waals surface area (Å²) >= 11 is 0. The molecule has 0 unspecified atom stereocenters. The number of rotatable bonds is 3. The number of carbonyl (C=O) groups excluding carboxylic acids is 1. The van der Waals surface area contributed by atoms with E-state index in [0.717, 1.165) is 34.4 Å². The minimum absolute atomic E-state index is 0.255. The summed E-state index contributed by atoms with van der Waals surface area (Å²) in [6.45, 7) is 3.63. The second kappa shape index (κ2) is 5.92. The largest absolute Gasteiger partial charge is 0.462 e. The monoisotopic (exact) mass is 319 g/mol. The number of esters is 1. The van der Waals surface area contributed by atoms with Gasteiger partial charge in [0.05, 0.1) is 35.1 Å². The number of ether oxygens (including phenoxy) is 1. The second-order valence-electron chi connectivity index (χ2n) is 5.75. The number of hydrogen-bond donors (Lipinski definition) is 0. The summed E-state index contributed by atoms with van der Waals surface area (Å²) in [7, 11) is 0. The molecule has 0 aliphatic carbocycles. The molecule has 1 aliphatic rings. The van der Waals surface area contributed by atoms with E-state index in [1.54, 1.807) is 6.20 Å².